The van der Waals surface area contributed by atoms with Crippen LogP contribution in [0, 0.1) is 0 Å². The minimum atomic E-state index is -0.158. The number of nitrogens with zero attached hydrogens (tertiary/aromatic N) is 5. The summed E-state index contributed by atoms with van der Waals surface area (Å²) in [4.78, 5) is 0. The SMILES string of the molecule is CC(C)(C)n1nnnc1SCc1cc(-c2ccco2)on1. The predicted molar refractivity (Wildman–Crippen MR) is 76.6 cm³/mol. The molecule has 0 bridgehead atoms. The lowest BCUT2D eigenvalue weighted by Gasteiger charge is -2.19. The standard InChI is InChI=1S/C13H15N5O2S/c1-13(2,3)18-12(14-16-17-18)21-8-9-7-11(20-15-9)10-5-4-6-19-10/h4-7H,8H2,1-3H3. The van der Waals surface area contributed by atoms with Gasteiger partial charge in [-0.1, -0.05) is 16.9 Å². The van der Waals surface area contributed by atoms with E-state index in [2.05, 4.69) is 41.5 Å². The lowest BCUT2D eigenvalue weighted by atomic mass is 10.1. The molecule has 8 heteroatoms. The molecule has 0 fully saturated rings. The topological polar surface area (TPSA) is 82.8 Å². The van der Waals surface area contributed by atoms with Gasteiger partial charge in [0.25, 0.3) is 0 Å². The average Bonchev–Trinajstić information content (AvgIpc) is 3.16. The Morgan fingerprint density at radius 1 is 1.29 bits per heavy atom. The molecule has 0 amide bonds. The summed E-state index contributed by atoms with van der Waals surface area (Å²) in [7, 11) is 0. The molecule has 21 heavy (non-hydrogen) atoms. The molecular formula is C13H15N5O2S. The van der Waals surface area contributed by atoms with Crippen LogP contribution in [0.15, 0.2) is 38.6 Å². The minimum absolute atomic E-state index is 0.158. The Balaban J connectivity index is 1.70. The third-order valence-electron chi connectivity index (χ3n) is 2.75. The molecule has 0 radical (unpaired) electrons. The number of aromatic nitrogens is 5. The fourth-order valence-electron chi connectivity index (χ4n) is 1.74. The van der Waals surface area contributed by atoms with Gasteiger partial charge in [-0.2, -0.15) is 0 Å². The first kappa shape index (κ1) is 13.9. The van der Waals surface area contributed by atoms with Crippen molar-refractivity contribution in [3.8, 4) is 11.5 Å². The maximum atomic E-state index is 5.27. The van der Waals surface area contributed by atoms with Crippen molar-refractivity contribution in [2.24, 2.45) is 0 Å². The van der Waals surface area contributed by atoms with E-state index in [1.807, 2.05) is 18.2 Å². The van der Waals surface area contributed by atoms with E-state index in [9.17, 15) is 0 Å². The van der Waals surface area contributed by atoms with Crippen LogP contribution in [0.5, 0.6) is 0 Å². The lowest BCUT2D eigenvalue weighted by molar-refractivity contribution is 0.321. The van der Waals surface area contributed by atoms with E-state index in [4.69, 9.17) is 8.94 Å². The molecule has 3 rings (SSSR count). The van der Waals surface area contributed by atoms with E-state index in [-0.39, 0.29) is 5.54 Å². The highest BCUT2D eigenvalue weighted by molar-refractivity contribution is 7.98. The van der Waals surface area contributed by atoms with E-state index in [0.717, 1.165) is 10.9 Å². The molecule has 0 spiro atoms. The highest BCUT2D eigenvalue weighted by Gasteiger charge is 2.20. The van der Waals surface area contributed by atoms with Crippen molar-refractivity contribution in [3.05, 3.63) is 30.2 Å². The highest BCUT2D eigenvalue weighted by Crippen LogP contribution is 2.26. The maximum Gasteiger partial charge on any atom is 0.210 e. The van der Waals surface area contributed by atoms with Gasteiger partial charge in [0.2, 0.25) is 10.9 Å². The van der Waals surface area contributed by atoms with E-state index in [1.54, 1.807) is 10.9 Å². The van der Waals surface area contributed by atoms with Crippen LogP contribution < -0.4 is 0 Å². The van der Waals surface area contributed by atoms with Gasteiger partial charge < -0.3 is 8.94 Å². The summed E-state index contributed by atoms with van der Waals surface area (Å²) in [6, 6.07) is 5.50. The number of tetrazole rings is 1. The van der Waals surface area contributed by atoms with Crippen LogP contribution >= 0.6 is 11.8 Å². The quantitative estimate of drug-likeness (QED) is 0.685. The van der Waals surface area contributed by atoms with Crippen LogP contribution in [0.1, 0.15) is 26.5 Å². The molecule has 0 saturated carbocycles. The summed E-state index contributed by atoms with van der Waals surface area (Å²) in [5.41, 5.74) is 0.657. The van der Waals surface area contributed by atoms with Gasteiger partial charge in [0.15, 0.2) is 5.76 Å². The fraction of sp³-hybridized carbons (Fsp3) is 0.385. The number of thioether (sulfide) groups is 1. The van der Waals surface area contributed by atoms with Crippen LogP contribution in [-0.2, 0) is 11.3 Å². The molecular weight excluding hydrogens is 290 g/mol. The molecule has 3 aromatic rings. The second-order valence-corrected chi connectivity index (χ2v) is 6.44. The summed E-state index contributed by atoms with van der Waals surface area (Å²) in [5, 5.41) is 16.6. The summed E-state index contributed by atoms with van der Waals surface area (Å²) in [5.74, 6) is 1.91. The molecule has 7 nitrogen and oxygen atoms in total. The molecule has 0 aliphatic rings. The molecule has 0 atom stereocenters. The van der Waals surface area contributed by atoms with Crippen molar-refractivity contribution in [2.75, 3.05) is 0 Å². The van der Waals surface area contributed by atoms with Gasteiger partial charge in [0.05, 0.1) is 17.5 Å². The van der Waals surface area contributed by atoms with Gasteiger partial charge in [-0.25, -0.2) is 4.68 Å². The van der Waals surface area contributed by atoms with E-state index in [0.29, 0.717) is 17.3 Å². The molecule has 110 valence electrons. The monoisotopic (exact) mass is 305 g/mol. The fourth-order valence-corrected chi connectivity index (χ4v) is 2.68. The third-order valence-corrected chi connectivity index (χ3v) is 3.70. The first-order valence-electron chi connectivity index (χ1n) is 6.45. The van der Waals surface area contributed by atoms with Crippen LogP contribution in [0.3, 0.4) is 0 Å². The van der Waals surface area contributed by atoms with Crippen molar-refractivity contribution in [1.29, 1.82) is 0 Å². The van der Waals surface area contributed by atoms with E-state index >= 15 is 0 Å². The zero-order valence-electron chi connectivity index (χ0n) is 12.0. The van der Waals surface area contributed by atoms with Gasteiger partial charge in [-0.15, -0.1) is 5.10 Å². The summed E-state index contributed by atoms with van der Waals surface area (Å²) in [6.45, 7) is 6.16. The largest absolute Gasteiger partial charge is 0.461 e. The van der Waals surface area contributed by atoms with Crippen LogP contribution in [0.25, 0.3) is 11.5 Å². The number of hydrogen-bond donors (Lipinski definition) is 0. The molecule has 3 heterocycles. The van der Waals surface area contributed by atoms with Gasteiger partial charge in [-0.05, 0) is 43.3 Å². The first-order valence-corrected chi connectivity index (χ1v) is 7.44. The Hall–Kier alpha value is -2.09. The zero-order valence-corrected chi connectivity index (χ0v) is 12.8. The summed E-state index contributed by atoms with van der Waals surface area (Å²) >= 11 is 1.52. The van der Waals surface area contributed by atoms with Crippen molar-refractivity contribution >= 4 is 11.8 Å². The second-order valence-electron chi connectivity index (χ2n) is 5.49. The Bertz CT molecular complexity index is 711. The molecule has 0 unspecified atom stereocenters. The van der Waals surface area contributed by atoms with E-state index < -0.39 is 0 Å². The molecule has 0 saturated heterocycles. The smallest absolute Gasteiger partial charge is 0.210 e. The second kappa shape index (κ2) is 5.36. The van der Waals surface area contributed by atoms with Crippen molar-refractivity contribution < 1.29 is 8.94 Å². The molecule has 0 aliphatic heterocycles. The molecule has 0 aromatic carbocycles. The van der Waals surface area contributed by atoms with Gasteiger partial charge in [0.1, 0.15) is 0 Å². The zero-order chi connectivity index (χ0) is 14.9. The van der Waals surface area contributed by atoms with E-state index in [1.165, 1.54) is 11.8 Å². The molecule has 0 N–H and O–H groups in total. The Labute approximate surface area is 125 Å². The van der Waals surface area contributed by atoms with Crippen molar-refractivity contribution in [1.82, 2.24) is 25.4 Å². The van der Waals surface area contributed by atoms with Crippen LogP contribution in [-0.4, -0.2) is 25.4 Å². The molecule has 3 aromatic heterocycles. The average molecular weight is 305 g/mol. The van der Waals surface area contributed by atoms with Gasteiger partial charge in [-0.3, -0.25) is 0 Å². The van der Waals surface area contributed by atoms with Crippen molar-refractivity contribution in [3.63, 3.8) is 0 Å². The molecule has 0 aliphatic carbocycles. The summed E-state index contributed by atoms with van der Waals surface area (Å²) < 4.78 is 12.3. The minimum Gasteiger partial charge on any atom is -0.461 e. The van der Waals surface area contributed by atoms with Gasteiger partial charge >= 0.3 is 0 Å². The Morgan fingerprint density at radius 2 is 2.14 bits per heavy atom. The Kier molecular flexibility index (Phi) is 3.54. The number of furan rings is 1. The number of hydrogen-bond acceptors (Lipinski definition) is 7. The highest BCUT2D eigenvalue weighted by atomic mass is 32.2. The lowest BCUT2D eigenvalue weighted by Crippen LogP contribution is -2.24. The number of rotatable bonds is 4. The maximum absolute atomic E-state index is 5.27. The Morgan fingerprint density at radius 3 is 2.86 bits per heavy atom. The third kappa shape index (κ3) is 2.99. The van der Waals surface area contributed by atoms with Crippen LogP contribution in [0.4, 0.5) is 0 Å². The van der Waals surface area contributed by atoms with Crippen LogP contribution in [0.2, 0.25) is 0 Å². The summed E-state index contributed by atoms with van der Waals surface area (Å²) in [6.07, 6.45) is 1.60. The van der Waals surface area contributed by atoms with Gasteiger partial charge in [0, 0.05) is 11.8 Å². The predicted octanol–water partition coefficient (Wildman–Crippen LogP) is 2.97. The van der Waals surface area contributed by atoms with Crippen molar-refractivity contribution in [2.45, 2.75) is 37.2 Å². The normalized spacial score (nSPS) is 12.0. The first-order chi connectivity index (χ1) is 10.0.